The molecule has 1 aliphatic rings. The summed E-state index contributed by atoms with van der Waals surface area (Å²) in [7, 11) is -3.24. The van der Waals surface area contributed by atoms with Gasteiger partial charge in [0, 0.05) is 38.1 Å². The van der Waals surface area contributed by atoms with Gasteiger partial charge in [-0.3, -0.25) is 9.59 Å². The van der Waals surface area contributed by atoms with Crippen molar-refractivity contribution in [2.24, 2.45) is 0 Å². The first-order valence-corrected chi connectivity index (χ1v) is 10.1. The Morgan fingerprint density at radius 3 is 2.20 bits per heavy atom. The molecule has 1 aromatic rings. The number of carbonyl (C=O) groups excluding carboxylic acids is 2. The van der Waals surface area contributed by atoms with Crippen molar-refractivity contribution in [3.8, 4) is 0 Å². The number of hydrogen-bond donors (Lipinski definition) is 1. The van der Waals surface area contributed by atoms with Gasteiger partial charge in [0.1, 0.15) is 0 Å². The van der Waals surface area contributed by atoms with E-state index in [-0.39, 0.29) is 31.3 Å². The van der Waals surface area contributed by atoms with Crippen molar-refractivity contribution in [1.82, 2.24) is 14.5 Å². The Morgan fingerprint density at radius 1 is 1.16 bits per heavy atom. The van der Waals surface area contributed by atoms with Gasteiger partial charge in [-0.1, -0.05) is 23.7 Å². The van der Waals surface area contributed by atoms with Gasteiger partial charge in [-0.25, -0.2) is 8.42 Å². The number of amides is 2. The summed E-state index contributed by atoms with van der Waals surface area (Å²) >= 11 is 5.88. The minimum Gasteiger partial charge on any atom is -0.349 e. The molecule has 1 aromatic carbocycles. The molecule has 1 heterocycles. The molecule has 138 valence electrons. The molecule has 0 radical (unpaired) electrons. The van der Waals surface area contributed by atoms with Crippen LogP contribution in [0.4, 0.5) is 0 Å². The van der Waals surface area contributed by atoms with Crippen LogP contribution in [-0.4, -0.2) is 61.9 Å². The summed E-state index contributed by atoms with van der Waals surface area (Å²) in [6.07, 6.45) is 1.28. The number of piperazine rings is 1. The number of carbonyl (C=O) groups is 2. The van der Waals surface area contributed by atoms with Gasteiger partial charge in [-0.05, 0) is 17.7 Å². The van der Waals surface area contributed by atoms with E-state index >= 15 is 0 Å². The third kappa shape index (κ3) is 5.69. The zero-order chi connectivity index (χ0) is 18.6. The van der Waals surface area contributed by atoms with Crippen LogP contribution in [0, 0.1) is 0 Å². The Labute approximate surface area is 153 Å². The lowest BCUT2D eigenvalue weighted by atomic mass is 10.0. The summed E-state index contributed by atoms with van der Waals surface area (Å²) in [5, 5.41) is 3.36. The predicted molar refractivity (Wildman–Crippen MR) is 95.6 cm³/mol. The van der Waals surface area contributed by atoms with Gasteiger partial charge in [0.05, 0.1) is 18.7 Å². The number of nitrogens with one attached hydrogen (secondary N) is 1. The van der Waals surface area contributed by atoms with E-state index in [0.717, 1.165) is 11.8 Å². The first-order valence-electron chi connectivity index (χ1n) is 7.92. The van der Waals surface area contributed by atoms with Crippen LogP contribution in [0.1, 0.15) is 24.9 Å². The smallest absolute Gasteiger partial charge is 0.225 e. The zero-order valence-electron chi connectivity index (χ0n) is 14.2. The molecule has 25 heavy (non-hydrogen) atoms. The minimum atomic E-state index is -3.24. The molecule has 1 unspecified atom stereocenters. The molecule has 1 saturated heterocycles. The molecular formula is C16H22ClN3O4S. The van der Waals surface area contributed by atoms with E-state index in [1.54, 1.807) is 29.2 Å². The average molecular weight is 388 g/mol. The summed E-state index contributed by atoms with van der Waals surface area (Å²) in [4.78, 5) is 25.7. The molecule has 0 bridgehead atoms. The van der Waals surface area contributed by atoms with Crippen LogP contribution in [0.25, 0.3) is 0 Å². The molecule has 1 N–H and O–H groups in total. The fourth-order valence-electron chi connectivity index (χ4n) is 2.77. The second-order valence-corrected chi connectivity index (χ2v) is 8.47. The number of halogens is 1. The maximum atomic E-state index is 12.6. The number of nitrogens with zero attached hydrogens (tertiary/aromatic N) is 2. The first-order chi connectivity index (χ1) is 11.7. The Kier molecular flexibility index (Phi) is 6.42. The van der Waals surface area contributed by atoms with Crippen molar-refractivity contribution >= 4 is 33.4 Å². The number of rotatable bonds is 5. The maximum absolute atomic E-state index is 12.6. The normalized spacial score (nSPS) is 17.2. The summed E-state index contributed by atoms with van der Waals surface area (Å²) in [5.41, 5.74) is 0.794. The van der Waals surface area contributed by atoms with Gasteiger partial charge < -0.3 is 10.2 Å². The van der Waals surface area contributed by atoms with Crippen LogP contribution in [-0.2, 0) is 19.6 Å². The molecular weight excluding hydrogens is 366 g/mol. The molecule has 9 heteroatoms. The summed E-state index contributed by atoms with van der Waals surface area (Å²) < 4.78 is 24.4. The molecule has 0 spiro atoms. The fraction of sp³-hybridized carbons (Fsp3) is 0.500. The SMILES string of the molecule is CC(=O)NC(CC(=O)N1CCN(S(C)(=O)=O)CC1)c1ccc(Cl)cc1. The van der Waals surface area contributed by atoms with E-state index in [2.05, 4.69) is 5.32 Å². The molecule has 1 atom stereocenters. The van der Waals surface area contributed by atoms with E-state index in [9.17, 15) is 18.0 Å². The highest BCUT2D eigenvalue weighted by Crippen LogP contribution is 2.21. The van der Waals surface area contributed by atoms with Crippen LogP contribution in [0.5, 0.6) is 0 Å². The van der Waals surface area contributed by atoms with Crippen LogP contribution < -0.4 is 5.32 Å². The summed E-state index contributed by atoms with van der Waals surface area (Å²) in [6, 6.07) is 6.52. The standard InChI is InChI=1S/C16H22ClN3O4S/c1-12(21)18-15(13-3-5-14(17)6-4-13)11-16(22)19-7-9-20(10-8-19)25(2,23)24/h3-6,15H,7-11H2,1-2H3,(H,18,21). The quantitative estimate of drug-likeness (QED) is 0.816. The maximum Gasteiger partial charge on any atom is 0.225 e. The Hall–Kier alpha value is -1.64. The fourth-order valence-corrected chi connectivity index (χ4v) is 3.72. The molecule has 2 amide bonds. The first kappa shape index (κ1) is 19.7. The van der Waals surface area contributed by atoms with Crippen LogP contribution in [0.15, 0.2) is 24.3 Å². The molecule has 1 aliphatic heterocycles. The van der Waals surface area contributed by atoms with Gasteiger partial charge in [0.25, 0.3) is 0 Å². The molecule has 2 rings (SSSR count). The van der Waals surface area contributed by atoms with Crippen molar-refractivity contribution in [2.45, 2.75) is 19.4 Å². The van der Waals surface area contributed by atoms with Gasteiger partial charge >= 0.3 is 0 Å². The molecule has 1 fully saturated rings. The van der Waals surface area contributed by atoms with Gasteiger partial charge in [0.2, 0.25) is 21.8 Å². The lowest BCUT2D eigenvalue weighted by molar-refractivity contribution is -0.133. The second kappa shape index (κ2) is 8.16. The highest BCUT2D eigenvalue weighted by atomic mass is 35.5. The molecule has 0 aromatic heterocycles. The summed E-state index contributed by atoms with van der Waals surface area (Å²) in [6.45, 7) is 2.67. The Morgan fingerprint density at radius 2 is 1.72 bits per heavy atom. The van der Waals surface area contributed by atoms with Gasteiger partial charge in [-0.2, -0.15) is 4.31 Å². The van der Waals surface area contributed by atoms with Crippen molar-refractivity contribution in [2.75, 3.05) is 32.4 Å². The van der Waals surface area contributed by atoms with E-state index in [1.807, 2.05) is 0 Å². The van der Waals surface area contributed by atoms with Gasteiger partial charge in [0.15, 0.2) is 0 Å². The summed E-state index contributed by atoms with van der Waals surface area (Å²) in [5.74, 6) is -0.350. The third-order valence-electron chi connectivity index (χ3n) is 4.09. The van der Waals surface area contributed by atoms with Crippen molar-refractivity contribution in [3.05, 3.63) is 34.9 Å². The largest absolute Gasteiger partial charge is 0.349 e. The molecule has 7 nitrogen and oxygen atoms in total. The monoisotopic (exact) mass is 387 g/mol. The van der Waals surface area contributed by atoms with E-state index in [0.29, 0.717) is 18.1 Å². The highest BCUT2D eigenvalue weighted by molar-refractivity contribution is 7.88. The Balaban J connectivity index is 2.02. The average Bonchev–Trinajstić information content (AvgIpc) is 2.54. The van der Waals surface area contributed by atoms with Crippen molar-refractivity contribution in [1.29, 1.82) is 0 Å². The van der Waals surface area contributed by atoms with Crippen LogP contribution in [0.3, 0.4) is 0 Å². The predicted octanol–water partition coefficient (Wildman–Crippen LogP) is 1.01. The van der Waals surface area contributed by atoms with Crippen LogP contribution >= 0.6 is 11.6 Å². The lowest BCUT2D eigenvalue weighted by Gasteiger charge is -2.34. The Bertz CT molecular complexity index is 728. The van der Waals surface area contributed by atoms with E-state index < -0.39 is 16.1 Å². The van der Waals surface area contributed by atoms with Crippen molar-refractivity contribution in [3.63, 3.8) is 0 Å². The van der Waals surface area contributed by atoms with Crippen LogP contribution in [0.2, 0.25) is 5.02 Å². The topological polar surface area (TPSA) is 86.8 Å². The van der Waals surface area contributed by atoms with E-state index in [1.165, 1.54) is 11.2 Å². The third-order valence-corrected chi connectivity index (χ3v) is 5.64. The van der Waals surface area contributed by atoms with Crippen molar-refractivity contribution < 1.29 is 18.0 Å². The highest BCUT2D eigenvalue weighted by Gasteiger charge is 2.27. The van der Waals surface area contributed by atoms with E-state index in [4.69, 9.17) is 11.6 Å². The zero-order valence-corrected chi connectivity index (χ0v) is 15.8. The second-order valence-electron chi connectivity index (χ2n) is 6.05. The van der Waals surface area contributed by atoms with Gasteiger partial charge in [-0.15, -0.1) is 0 Å². The number of hydrogen-bond acceptors (Lipinski definition) is 4. The number of benzene rings is 1. The number of sulfonamides is 1. The molecule has 0 saturated carbocycles. The lowest BCUT2D eigenvalue weighted by Crippen LogP contribution is -2.50. The minimum absolute atomic E-state index is 0.111. The molecule has 0 aliphatic carbocycles.